The second kappa shape index (κ2) is 5.80. The quantitative estimate of drug-likeness (QED) is 0.431. The summed E-state index contributed by atoms with van der Waals surface area (Å²) < 4.78 is 10.6. The van der Waals surface area contributed by atoms with Crippen LogP contribution in [0.2, 0.25) is 0 Å². The predicted molar refractivity (Wildman–Crippen MR) is 70.2 cm³/mol. The highest BCUT2D eigenvalue weighted by atomic mass is 28.1. The predicted octanol–water partition coefficient (Wildman–Crippen LogP) is 1.45. The summed E-state index contributed by atoms with van der Waals surface area (Å²) >= 11 is 0. The summed E-state index contributed by atoms with van der Waals surface area (Å²) in [7, 11) is 3.61. The van der Waals surface area contributed by atoms with E-state index < -0.39 is 0 Å². The van der Waals surface area contributed by atoms with E-state index in [1.165, 1.54) is 21.9 Å². The van der Waals surface area contributed by atoms with Crippen molar-refractivity contribution in [1.82, 2.24) is 0 Å². The highest BCUT2D eigenvalue weighted by Gasteiger charge is 2.21. The van der Waals surface area contributed by atoms with Gasteiger partial charge in [-0.05, 0) is 43.4 Å². The molecular formula is C14H19O2Si. The molecule has 1 aromatic carbocycles. The first-order chi connectivity index (χ1) is 8.18. The molecule has 91 valence electrons. The van der Waals surface area contributed by atoms with Crippen LogP contribution in [0.1, 0.15) is 23.1 Å². The molecule has 1 unspecified atom stereocenters. The Hall–Kier alpha value is -0.643. The van der Waals surface area contributed by atoms with Crippen molar-refractivity contribution in [2.24, 2.45) is 0 Å². The van der Waals surface area contributed by atoms with Gasteiger partial charge >= 0.3 is 0 Å². The van der Waals surface area contributed by atoms with Crippen LogP contribution in [-0.2, 0) is 15.9 Å². The number of hydrogen-bond acceptors (Lipinski definition) is 2. The van der Waals surface area contributed by atoms with Gasteiger partial charge in [0, 0.05) is 6.61 Å². The average Bonchev–Trinajstić information content (AvgIpc) is 3.12. The molecule has 0 N–H and O–H groups in total. The van der Waals surface area contributed by atoms with E-state index in [2.05, 4.69) is 36.2 Å². The van der Waals surface area contributed by atoms with Crippen LogP contribution in [-0.4, -0.2) is 36.2 Å². The van der Waals surface area contributed by atoms with Gasteiger partial charge in [-0.3, -0.25) is 0 Å². The monoisotopic (exact) mass is 247 g/mol. The fraction of sp³-hybridized carbons (Fsp3) is 0.571. The lowest BCUT2D eigenvalue weighted by Gasteiger charge is -2.11. The van der Waals surface area contributed by atoms with Gasteiger partial charge in [-0.1, -0.05) is 17.3 Å². The van der Waals surface area contributed by atoms with E-state index in [1.54, 1.807) is 0 Å². The molecule has 0 bridgehead atoms. The smallest absolute Gasteiger partial charge is 0.104 e. The summed E-state index contributed by atoms with van der Waals surface area (Å²) in [5, 5.41) is 1.19. The third-order valence-electron chi connectivity index (χ3n) is 3.34. The molecule has 0 saturated carbocycles. The summed E-state index contributed by atoms with van der Waals surface area (Å²) in [6, 6.07) is 4.34. The van der Waals surface area contributed by atoms with Crippen molar-refractivity contribution in [3.05, 3.63) is 28.8 Å². The van der Waals surface area contributed by atoms with Crippen LogP contribution >= 0.6 is 0 Å². The van der Waals surface area contributed by atoms with Crippen LogP contribution in [0.3, 0.4) is 0 Å². The minimum atomic E-state index is 0.381. The lowest BCUT2D eigenvalue weighted by molar-refractivity contribution is 0.114. The molecule has 1 saturated heterocycles. The highest BCUT2D eigenvalue weighted by molar-refractivity contribution is 6.33. The Morgan fingerprint density at radius 3 is 2.82 bits per heavy atom. The molecule has 0 spiro atoms. The Morgan fingerprint density at radius 2 is 2.12 bits per heavy atom. The minimum absolute atomic E-state index is 0.381. The fourth-order valence-electron chi connectivity index (χ4n) is 1.89. The molecular weight excluding hydrogens is 228 g/mol. The van der Waals surface area contributed by atoms with Crippen LogP contribution in [0.15, 0.2) is 12.1 Å². The zero-order valence-electron chi connectivity index (χ0n) is 10.6. The summed E-state index contributed by atoms with van der Waals surface area (Å²) in [6.07, 6.45) is 2.55. The molecule has 2 rings (SSSR count). The van der Waals surface area contributed by atoms with Gasteiger partial charge in [-0.2, -0.15) is 0 Å². The summed E-state index contributed by atoms with van der Waals surface area (Å²) in [5.41, 5.74) is 4.16. The standard InChI is InChI=1S/C14H19O2Si/c1-10-11(2)14(17)6-5-12(10)4-3-7-15-8-13-9-16-13/h5-6,13H,3-4,7-9H2,1-2H3. The maximum Gasteiger partial charge on any atom is 0.104 e. The molecule has 1 aliphatic rings. The molecule has 1 heterocycles. The zero-order chi connectivity index (χ0) is 12.3. The molecule has 0 aliphatic carbocycles. The maximum absolute atomic E-state index is 5.54. The third-order valence-corrected chi connectivity index (χ3v) is 3.88. The summed E-state index contributed by atoms with van der Waals surface area (Å²) in [6.45, 7) is 6.81. The Balaban J connectivity index is 1.75. The van der Waals surface area contributed by atoms with Crippen molar-refractivity contribution in [3.63, 3.8) is 0 Å². The maximum atomic E-state index is 5.54. The van der Waals surface area contributed by atoms with Gasteiger partial charge in [0.1, 0.15) is 6.10 Å². The first kappa shape index (κ1) is 12.8. The number of aryl methyl sites for hydroxylation is 1. The first-order valence-corrected chi connectivity index (χ1v) is 6.68. The van der Waals surface area contributed by atoms with E-state index in [-0.39, 0.29) is 0 Å². The second-order valence-electron chi connectivity index (χ2n) is 4.66. The molecule has 17 heavy (non-hydrogen) atoms. The van der Waals surface area contributed by atoms with Crippen molar-refractivity contribution in [2.75, 3.05) is 19.8 Å². The molecule has 1 aliphatic heterocycles. The lowest BCUT2D eigenvalue weighted by Crippen LogP contribution is -2.11. The number of epoxide rings is 1. The Morgan fingerprint density at radius 1 is 1.35 bits per heavy atom. The molecule has 1 atom stereocenters. The van der Waals surface area contributed by atoms with Gasteiger partial charge in [-0.25, -0.2) is 0 Å². The Labute approximate surface area is 107 Å². The van der Waals surface area contributed by atoms with Gasteiger partial charge < -0.3 is 9.47 Å². The molecule has 3 heteroatoms. The number of benzene rings is 1. The third kappa shape index (κ3) is 3.66. The summed E-state index contributed by atoms with van der Waals surface area (Å²) in [5.74, 6) is 0. The van der Waals surface area contributed by atoms with Gasteiger partial charge in [0.05, 0.1) is 23.5 Å². The normalized spacial score (nSPS) is 18.4. The lowest BCUT2D eigenvalue weighted by atomic mass is 10.00. The molecule has 0 amide bonds. The van der Waals surface area contributed by atoms with Crippen LogP contribution in [0.4, 0.5) is 0 Å². The Bertz CT molecular complexity index is 386. The van der Waals surface area contributed by atoms with Gasteiger partial charge in [0.2, 0.25) is 0 Å². The number of hydrogen-bond donors (Lipinski definition) is 0. The zero-order valence-corrected chi connectivity index (χ0v) is 11.6. The van der Waals surface area contributed by atoms with Gasteiger partial charge in [-0.15, -0.1) is 0 Å². The van der Waals surface area contributed by atoms with Crippen LogP contribution in [0.25, 0.3) is 0 Å². The first-order valence-electron chi connectivity index (χ1n) is 6.18. The molecule has 2 nitrogen and oxygen atoms in total. The fourth-order valence-corrected chi connectivity index (χ4v) is 2.16. The number of rotatable bonds is 6. The van der Waals surface area contributed by atoms with Crippen LogP contribution in [0.5, 0.6) is 0 Å². The van der Waals surface area contributed by atoms with E-state index >= 15 is 0 Å². The highest BCUT2D eigenvalue weighted by Crippen LogP contribution is 2.13. The van der Waals surface area contributed by atoms with Crippen molar-refractivity contribution in [1.29, 1.82) is 0 Å². The molecule has 1 aromatic rings. The SMILES string of the molecule is Cc1c([Si])ccc(CCCOCC2CO2)c1C. The Kier molecular flexibility index (Phi) is 4.37. The second-order valence-corrected chi connectivity index (χ2v) is 5.19. The van der Waals surface area contributed by atoms with E-state index in [1.807, 2.05) is 0 Å². The molecule has 3 radical (unpaired) electrons. The molecule has 1 fully saturated rings. The van der Waals surface area contributed by atoms with E-state index in [0.717, 1.165) is 32.7 Å². The van der Waals surface area contributed by atoms with Crippen molar-refractivity contribution < 1.29 is 9.47 Å². The van der Waals surface area contributed by atoms with E-state index in [4.69, 9.17) is 9.47 Å². The molecule has 0 aromatic heterocycles. The van der Waals surface area contributed by atoms with Gasteiger partial charge in [0.15, 0.2) is 0 Å². The largest absolute Gasteiger partial charge is 0.379 e. The average molecular weight is 247 g/mol. The summed E-state index contributed by atoms with van der Waals surface area (Å²) in [4.78, 5) is 0. The van der Waals surface area contributed by atoms with Crippen molar-refractivity contribution >= 4 is 15.4 Å². The minimum Gasteiger partial charge on any atom is -0.379 e. The van der Waals surface area contributed by atoms with Crippen molar-refractivity contribution in [3.8, 4) is 0 Å². The van der Waals surface area contributed by atoms with E-state index in [0.29, 0.717) is 6.10 Å². The number of ether oxygens (including phenoxy) is 2. The van der Waals surface area contributed by atoms with Gasteiger partial charge in [0.25, 0.3) is 0 Å². The van der Waals surface area contributed by atoms with E-state index in [9.17, 15) is 0 Å². The van der Waals surface area contributed by atoms with Crippen LogP contribution in [0, 0.1) is 13.8 Å². The topological polar surface area (TPSA) is 21.8 Å². The van der Waals surface area contributed by atoms with Crippen molar-refractivity contribution in [2.45, 2.75) is 32.8 Å². The van der Waals surface area contributed by atoms with Crippen LogP contribution < -0.4 is 5.19 Å².